The minimum atomic E-state index is -1.04. The number of carboxylic acid groups (broad SMARTS) is 1. The number of hydrogen-bond donors (Lipinski definition) is 4. The van der Waals surface area contributed by atoms with Gasteiger partial charge in [-0.05, 0) is 58.2 Å². The average Bonchev–Trinajstić information content (AvgIpc) is 3.21. The number of rotatable bonds is 6. The zero-order valence-corrected chi connectivity index (χ0v) is 17.7. The highest BCUT2D eigenvalue weighted by atomic mass is 79.9. The number of amides is 3. The fraction of sp³-hybridized carbons (Fsp3) is 0.250. The quantitative estimate of drug-likeness (QED) is 0.474. The summed E-state index contributed by atoms with van der Waals surface area (Å²) in [4.78, 5) is 36.0. The Bertz CT molecular complexity index is 951. The number of nitrogens with zero attached hydrogens (tertiary/aromatic N) is 2. The highest BCUT2D eigenvalue weighted by molar-refractivity contribution is 9.10. The second kappa shape index (κ2) is 9.49. The van der Waals surface area contributed by atoms with Crippen molar-refractivity contribution in [2.75, 3.05) is 30.4 Å². The number of urea groups is 1. The normalized spacial score (nSPS) is 13.2. The van der Waals surface area contributed by atoms with Gasteiger partial charge in [0.1, 0.15) is 6.54 Å². The van der Waals surface area contributed by atoms with Crippen LogP contribution < -0.4 is 21.4 Å². The highest BCUT2D eigenvalue weighted by Gasteiger charge is 2.28. The molecule has 9 nitrogen and oxygen atoms in total. The molecule has 0 atom stereocenters. The summed E-state index contributed by atoms with van der Waals surface area (Å²) in [6, 6.07) is 11.3. The van der Waals surface area contributed by atoms with Gasteiger partial charge in [-0.3, -0.25) is 14.8 Å². The number of carboxylic acids is 1. The van der Waals surface area contributed by atoms with Gasteiger partial charge in [-0.2, -0.15) is 0 Å². The van der Waals surface area contributed by atoms with Gasteiger partial charge in [0.25, 0.3) is 5.91 Å². The number of nitrogen functional groups attached to an aromatic ring is 1. The fourth-order valence-corrected chi connectivity index (χ4v) is 3.54. The first-order chi connectivity index (χ1) is 14.3. The smallest absolute Gasteiger partial charge is 0.335 e. The number of benzene rings is 2. The molecule has 1 fully saturated rings. The van der Waals surface area contributed by atoms with Gasteiger partial charge in [-0.25, -0.2) is 9.59 Å². The summed E-state index contributed by atoms with van der Waals surface area (Å²) in [5, 5.41) is 17.7. The molecule has 0 radical (unpaired) electrons. The SMILES string of the molecule is Nc1ccc(CNC(=O)NCC(=O)N2CCCN2c2cc(C(=O)O)ccc2Br)cc1. The lowest BCUT2D eigenvalue weighted by Crippen LogP contribution is -2.48. The molecule has 30 heavy (non-hydrogen) atoms. The van der Waals surface area contributed by atoms with Crippen LogP contribution >= 0.6 is 15.9 Å². The molecule has 1 aliphatic rings. The third-order valence-corrected chi connectivity index (χ3v) is 5.29. The number of carbonyl (C=O) groups excluding carboxylic acids is 2. The first-order valence-corrected chi connectivity index (χ1v) is 10.1. The van der Waals surface area contributed by atoms with Crippen molar-refractivity contribution in [2.24, 2.45) is 0 Å². The Hall–Kier alpha value is -3.27. The number of halogens is 1. The Kier molecular flexibility index (Phi) is 6.78. The molecule has 0 spiro atoms. The lowest BCUT2D eigenvalue weighted by molar-refractivity contribution is -0.129. The van der Waals surface area contributed by atoms with E-state index in [4.69, 9.17) is 5.73 Å². The van der Waals surface area contributed by atoms with Crippen LogP contribution in [0.5, 0.6) is 0 Å². The van der Waals surface area contributed by atoms with Crippen molar-refractivity contribution in [1.82, 2.24) is 15.6 Å². The molecule has 3 rings (SSSR count). The van der Waals surface area contributed by atoms with E-state index in [1.165, 1.54) is 17.1 Å². The maximum atomic E-state index is 12.7. The number of anilines is 2. The van der Waals surface area contributed by atoms with E-state index < -0.39 is 12.0 Å². The summed E-state index contributed by atoms with van der Waals surface area (Å²) in [5.41, 5.74) is 7.89. The molecule has 1 saturated heterocycles. The van der Waals surface area contributed by atoms with E-state index in [1.54, 1.807) is 23.2 Å². The Labute approximate surface area is 181 Å². The molecular weight excluding hydrogens is 454 g/mol. The Balaban J connectivity index is 1.57. The number of nitrogens with one attached hydrogen (secondary N) is 2. The van der Waals surface area contributed by atoms with E-state index in [1.807, 2.05) is 12.1 Å². The zero-order valence-electron chi connectivity index (χ0n) is 16.1. The predicted octanol–water partition coefficient (Wildman–Crippen LogP) is 2.18. The number of carbonyl (C=O) groups is 3. The second-order valence-electron chi connectivity index (χ2n) is 6.74. The van der Waals surface area contributed by atoms with Crippen LogP contribution in [0.15, 0.2) is 46.9 Å². The molecule has 10 heteroatoms. The first kappa shape index (κ1) is 21.4. The van der Waals surface area contributed by atoms with Crippen LogP contribution in [-0.2, 0) is 11.3 Å². The Morgan fingerprint density at radius 2 is 1.80 bits per heavy atom. The van der Waals surface area contributed by atoms with Crippen LogP contribution in [0.2, 0.25) is 0 Å². The van der Waals surface area contributed by atoms with E-state index in [9.17, 15) is 19.5 Å². The second-order valence-corrected chi connectivity index (χ2v) is 7.60. The summed E-state index contributed by atoms with van der Waals surface area (Å²) in [6.07, 6.45) is 0.735. The van der Waals surface area contributed by atoms with Crippen molar-refractivity contribution < 1.29 is 19.5 Å². The van der Waals surface area contributed by atoms with E-state index >= 15 is 0 Å². The molecule has 1 aliphatic heterocycles. The minimum absolute atomic E-state index is 0.132. The lowest BCUT2D eigenvalue weighted by atomic mass is 10.2. The van der Waals surface area contributed by atoms with Crippen LogP contribution in [-0.4, -0.2) is 47.7 Å². The van der Waals surface area contributed by atoms with Gasteiger partial charge in [-0.15, -0.1) is 0 Å². The summed E-state index contributed by atoms with van der Waals surface area (Å²) < 4.78 is 0.682. The van der Waals surface area contributed by atoms with Crippen molar-refractivity contribution in [3.63, 3.8) is 0 Å². The molecule has 2 aromatic carbocycles. The number of aromatic carboxylic acids is 1. The molecule has 0 aromatic heterocycles. The minimum Gasteiger partial charge on any atom is -0.478 e. The molecule has 3 amide bonds. The van der Waals surface area contributed by atoms with Crippen molar-refractivity contribution in [1.29, 1.82) is 0 Å². The zero-order chi connectivity index (χ0) is 21.7. The van der Waals surface area contributed by atoms with Gasteiger partial charge in [0.2, 0.25) is 0 Å². The number of nitrogens with two attached hydrogens (primary N) is 1. The average molecular weight is 476 g/mol. The Morgan fingerprint density at radius 1 is 1.07 bits per heavy atom. The molecular formula is C20H22BrN5O4. The van der Waals surface area contributed by atoms with Gasteiger partial charge in [0, 0.05) is 29.8 Å². The van der Waals surface area contributed by atoms with Crippen molar-refractivity contribution in [3.05, 3.63) is 58.1 Å². The molecule has 0 aliphatic carbocycles. The molecule has 5 N–H and O–H groups in total. The molecule has 2 aromatic rings. The maximum Gasteiger partial charge on any atom is 0.335 e. The largest absolute Gasteiger partial charge is 0.478 e. The van der Waals surface area contributed by atoms with Crippen molar-refractivity contribution in [2.45, 2.75) is 13.0 Å². The van der Waals surface area contributed by atoms with Gasteiger partial charge >= 0.3 is 12.0 Å². The molecule has 0 unspecified atom stereocenters. The monoisotopic (exact) mass is 475 g/mol. The highest BCUT2D eigenvalue weighted by Crippen LogP contribution is 2.31. The van der Waals surface area contributed by atoms with Crippen LogP contribution in [0.3, 0.4) is 0 Å². The summed E-state index contributed by atoms with van der Waals surface area (Å²) in [6.45, 7) is 1.18. The standard InChI is InChI=1S/C20H22BrN5O4/c21-16-7-4-14(19(28)29)10-17(16)25-8-1-9-26(25)18(27)12-24-20(30)23-11-13-2-5-15(22)6-3-13/h2-7,10H,1,8-9,11-12,22H2,(H,28,29)(H2,23,24,30). The van der Waals surface area contributed by atoms with Crippen LogP contribution in [0.1, 0.15) is 22.3 Å². The third-order valence-electron chi connectivity index (χ3n) is 4.62. The first-order valence-electron chi connectivity index (χ1n) is 9.32. The topological polar surface area (TPSA) is 128 Å². The summed E-state index contributed by atoms with van der Waals surface area (Å²) in [7, 11) is 0. The maximum absolute atomic E-state index is 12.7. The van der Waals surface area contributed by atoms with Gasteiger partial charge < -0.3 is 21.5 Å². The van der Waals surface area contributed by atoms with E-state index in [2.05, 4.69) is 26.6 Å². The lowest BCUT2D eigenvalue weighted by Gasteiger charge is -2.30. The molecule has 158 valence electrons. The molecule has 1 heterocycles. The van der Waals surface area contributed by atoms with E-state index in [-0.39, 0.29) is 18.0 Å². The number of hydrogen-bond acceptors (Lipinski definition) is 5. The van der Waals surface area contributed by atoms with Crippen LogP contribution in [0.25, 0.3) is 0 Å². The number of hydrazine groups is 1. The van der Waals surface area contributed by atoms with Gasteiger partial charge in [0.15, 0.2) is 0 Å². The fourth-order valence-electron chi connectivity index (χ4n) is 3.09. The van der Waals surface area contributed by atoms with Crippen molar-refractivity contribution >= 4 is 45.2 Å². The van der Waals surface area contributed by atoms with Gasteiger partial charge in [-0.1, -0.05) is 12.1 Å². The summed E-state index contributed by atoms with van der Waals surface area (Å²) >= 11 is 3.42. The molecule has 0 bridgehead atoms. The summed E-state index contributed by atoms with van der Waals surface area (Å²) in [5.74, 6) is -1.33. The van der Waals surface area contributed by atoms with E-state index in [0.29, 0.717) is 35.5 Å². The van der Waals surface area contributed by atoms with Crippen LogP contribution in [0.4, 0.5) is 16.2 Å². The molecule has 0 saturated carbocycles. The van der Waals surface area contributed by atoms with Gasteiger partial charge in [0.05, 0.1) is 11.3 Å². The van der Waals surface area contributed by atoms with Crippen LogP contribution in [0, 0.1) is 0 Å². The van der Waals surface area contributed by atoms with Crippen molar-refractivity contribution in [3.8, 4) is 0 Å². The van der Waals surface area contributed by atoms with E-state index in [0.717, 1.165) is 12.0 Å². The Morgan fingerprint density at radius 3 is 2.50 bits per heavy atom. The third kappa shape index (κ3) is 5.20. The predicted molar refractivity (Wildman–Crippen MR) is 116 cm³/mol.